The molecule has 0 spiro atoms. The first-order valence-corrected chi connectivity index (χ1v) is 7.57. The Labute approximate surface area is 103 Å². The van der Waals surface area contributed by atoms with Crippen LogP contribution in [0.15, 0.2) is 0 Å². The lowest BCUT2D eigenvalue weighted by Gasteiger charge is -2.34. The summed E-state index contributed by atoms with van der Waals surface area (Å²) in [7, 11) is 0. The molecule has 96 valence electrons. The van der Waals surface area contributed by atoms with E-state index in [0.29, 0.717) is 0 Å². The molecule has 1 nitrogen and oxygen atoms in total. The smallest absolute Gasteiger partial charge is 0.000966 e. The molecular weight excluding hydrogens is 194 g/mol. The maximum atomic E-state index is 2.72. The number of rotatable bonds is 2. The van der Waals surface area contributed by atoms with Crippen LogP contribution in [0.25, 0.3) is 0 Å². The van der Waals surface area contributed by atoms with E-state index in [1.54, 1.807) is 0 Å². The van der Waals surface area contributed by atoms with E-state index in [9.17, 15) is 0 Å². The first-order chi connectivity index (χ1) is 7.84. The minimum atomic E-state index is 0.984. The second kappa shape index (κ2) is 8.11. The van der Waals surface area contributed by atoms with Gasteiger partial charge in [0.15, 0.2) is 0 Å². The summed E-state index contributed by atoms with van der Waals surface area (Å²) < 4.78 is 0. The topological polar surface area (TPSA) is 3.24 Å². The Morgan fingerprint density at radius 3 is 2.00 bits per heavy atom. The molecule has 1 saturated carbocycles. The van der Waals surface area contributed by atoms with Crippen LogP contribution in [0.2, 0.25) is 0 Å². The molecule has 1 heterocycles. The first kappa shape index (κ1) is 14.0. The van der Waals surface area contributed by atoms with Gasteiger partial charge in [0.2, 0.25) is 0 Å². The van der Waals surface area contributed by atoms with Crippen molar-refractivity contribution in [2.45, 2.75) is 65.7 Å². The number of likely N-dealkylation sites (tertiary alicyclic amines) is 1. The number of hydrogen-bond acceptors (Lipinski definition) is 1. The third-order valence-electron chi connectivity index (χ3n) is 4.12. The quantitative estimate of drug-likeness (QED) is 0.676. The SMILES string of the molecule is CC.CC1CCN(CC2CCCCC2)CC1. The van der Waals surface area contributed by atoms with Crippen molar-refractivity contribution in [2.24, 2.45) is 11.8 Å². The molecule has 0 radical (unpaired) electrons. The van der Waals surface area contributed by atoms with Gasteiger partial charge in [-0.15, -0.1) is 0 Å². The average molecular weight is 225 g/mol. The second-order valence-electron chi connectivity index (χ2n) is 5.49. The van der Waals surface area contributed by atoms with Gasteiger partial charge >= 0.3 is 0 Å². The van der Waals surface area contributed by atoms with Crippen LogP contribution in [0, 0.1) is 11.8 Å². The maximum Gasteiger partial charge on any atom is 0.000966 e. The highest BCUT2D eigenvalue weighted by atomic mass is 15.1. The van der Waals surface area contributed by atoms with Crippen molar-refractivity contribution >= 4 is 0 Å². The molecule has 0 aromatic heterocycles. The Balaban J connectivity index is 0.000000606. The molecular formula is C15H31N. The fraction of sp³-hybridized carbons (Fsp3) is 1.00. The normalized spacial score (nSPS) is 24.9. The van der Waals surface area contributed by atoms with Crippen molar-refractivity contribution < 1.29 is 0 Å². The standard InChI is InChI=1S/C13H25N.C2H6/c1-12-7-9-14(10-8-12)11-13-5-3-2-4-6-13;1-2/h12-13H,2-11H2,1H3;1-2H3. The molecule has 0 atom stereocenters. The zero-order valence-corrected chi connectivity index (χ0v) is 11.7. The molecule has 1 saturated heterocycles. The highest BCUT2D eigenvalue weighted by Crippen LogP contribution is 2.26. The minimum absolute atomic E-state index is 0.984. The molecule has 2 rings (SSSR count). The fourth-order valence-electron chi connectivity index (χ4n) is 2.98. The summed E-state index contributed by atoms with van der Waals surface area (Å²) in [5.41, 5.74) is 0. The molecule has 1 aliphatic heterocycles. The van der Waals surface area contributed by atoms with Crippen LogP contribution in [0.4, 0.5) is 0 Å². The Morgan fingerprint density at radius 1 is 0.875 bits per heavy atom. The van der Waals surface area contributed by atoms with E-state index >= 15 is 0 Å². The van der Waals surface area contributed by atoms with E-state index in [1.165, 1.54) is 64.6 Å². The lowest BCUT2D eigenvalue weighted by atomic mass is 9.88. The molecule has 0 aromatic carbocycles. The first-order valence-electron chi connectivity index (χ1n) is 7.57. The van der Waals surface area contributed by atoms with Gasteiger partial charge in [0.25, 0.3) is 0 Å². The molecule has 1 heteroatoms. The maximum absolute atomic E-state index is 2.72. The number of hydrogen-bond donors (Lipinski definition) is 0. The fourth-order valence-corrected chi connectivity index (χ4v) is 2.98. The lowest BCUT2D eigenvalue weighted by Crippen LogP contribution is -2.37. The Bertz CT molecular complexity index is 153. The summed E-state index contributed by atoms with van der Waals surface area (Å²) in [6, 6.07) is 0. The molecule has 0 aromatic rings. The molecule has 0 amide bonds. The molecule has 2 aliphatic rings. The van der Waals surface area contributed by atoms with E-state index in [4.69, 9.17) is 0 Å². The van der Waals surface area contributed by atoms with Gasteiger partial charge in [0.1, 0.15) is 0 Å². The predicted molar refractivity (Wildman–Crippen MR) is 72.8 cm³/mol. The molecule has 0 unspecified atom stereocenters. The van der Waals surface area contributed by atoms with Gasteiger partial charge in [0, 0.05) is 6.54 Å². The Morgan fingerprint density at radius 2 is 1.44 bits per heavy atom. The summed E-state index contributed by atoms with van der Waals surface area (Å²) in [4.78, 5) is 2.72. The Hall–Kier alpha value is -0.0400. The minimum Gasteiger partial charge on any atom is -0.303 e. The molecule has 1 aliphatic carbocycles. The summed E-state index contributed by atoms with van der Waals surface area (Å²) in [6.45, 7) is 10.6. The molecule has 16 heavy (non-hydrogen) atoms. The van der Waals surface area contributed by atoms with Crippen molar-refractivity contribution in [2.75, 3.05) is 19.6 Å². The highest BCUT2D eigenvalue weighted by Gasteiger charge is 2.20. The van der Waals surface area contributed by atoms with Crippen molar-refractivity contribution in [1.29, 1.82) is 0 Å². The number of nitrogens with zero attached hydrogens (tertiary/aromatic N) is 1. The zero-order chi connectivity index (χ0) is 11.8. The van der Waals surface area contributed by atoms with Gasteiger partial charge in [-0.3, -0.25) is 0 Å². The third-order valence-corrected chi connectivity index (χ3v) is 4.12. The van der Waals surface area contributed by atoms with E-state index in [-0.39, 0.29) is 0 Å². The summed E-state index contributed by atoms with van der Waals surface area (Å²) in [5, 5.41) is 0. The van der Waals surface area contributed by atoms with Crippen LogP contribution in [0.1, 0.15) is 65.7 Å². The van der Waals surface area contributed by atoms with E-state index < -0.39 is 0 Å². The van der Waals surface area contributed by atoms with Crippen LogP contribution in [-0.4, -0.2) is 24.5 Å². The summed E-state index contributed by atoms with van der Waals surface area (Å²) in [5.74, 6) is 2.02. The van der Waals surface area contributed by atoms with Crippen molar-refractivity contribution in [3.63, 3.8) is 0 Å². The lowest BCUT2D eigenvalue weighted by molar-refractivity contribution is 0.151. The molecule has 0 bridgehead atoms. The molecule has 2 fully saturated rings. The van der Waals surface area contributed by atoms with Crippen molar-refractivity contribution in [3.8, 4) is 0 Å². The Kier molecular flexibility index (Phi) is 7.11. The van der Waals surface area contributed by atoms with Gasteiger partial charge in [-0.1, -0.05) is 40.0 Å². The summed E-state index contributed by atoms with van der Waals surface area (Å²) >= 11 is 0. The van der Waals surface area contributed by atoms with Crippen LogP contribution < -0.4 is 0 Å². The predicted octanol–water partition coefficient (Wildman–Crippen LogP) is 4.32. The van der Waals surface area contributed by atoms with Crippen LogP contribution >= 0.6 is 0 Å². The summed E-state index contributed by atoms with van der Waals surface area (Å²) in [6.07, 6.45) is 10.4. The largest absolute Gasteiger partial charge is 0.303 e. The van der Waals surface area contributed by atoms with E-state index in [2.05, 4.69) is 11.8 Å². The van der Waals surface area contributed by atoms with Crippen LogP contribution in [-0.2, 0) is 0 Å². The van der Waals surface area contributed by atoms with Gasteiger partial charge < -0.3 is 4.90 Å². The van der Waals surface area contributed by atoms with Gasteiger partial charge in [0.05, 0.1) is 0 Å². The van der Waals surface area contributed by atoms with Gasteiger partial charge in [-0.2, -0.15) is 0 Å². The third kappa shape index (κ3) is 4.86. The van der Waals surface area contributed by atoms with Crippen LogP contribution in [0.5, 0.6) is 0 Å². The van der Waals surface area contributed by atoms with E-state index in [1.807, 2.05) is 13.8 Å². The number of piperidine rings is 1. The van der Waals surface area contributed by atoms with Gasteiger partial charge in [-0.25, -0.2) is 0 Å². The van der Waals surface area contributed by atoms with Crippen molar-refractivity contribution in [1.82, 2.24) is 4.90 Å². The monoisotopic (exact) mass is 225 g/mol. The average Bonchev–Trinajstić information content (AvgIpc) is 2.36. The van der Waals surface area contributed by atoms with Crippen LogP contribution in [0.3, 0.4) is 0 Å². The molecule has 0 N–H and O–H groups in total. The van der Waals surface area contributed by atoms with Crippen molar-refractivity contribution in [3.05, 3.63) is 0 Å². The van der Waals surface area contributed by atoms with Gasteiger partial charge in [-0.05, 0) is 50.6 Å². The highest BCUT2D eigenvalue weighted by molar-refractivity contribution is 4.74. The van der Waals surface area contributed by atoms with E-state index in [0.717, 1.165) is 11.8 Å². The second-order valence-corrected chi connectivity index (χ2v) is 5.49. The zero-order valence-electron chi connectivity index (χ0n) is 11.7.